The third-order valence-electron chi connectivity index (χ3n) is 3.94. The van der Waals surface area contributed by atoms with E-state index >= 15 is 0 Å². The maximum Gasteiger partial charge on any atom is 0.326 e. The van der Waals surface area contributed by atoms with Gasteiger partial charge in [0.15, 0.2) is 0 Å². The molecule has 1 amide bonds. The fraction of sp³-hybridized carbons (Fsp3) is 0.846. The first kappa shape index (κ1) is 17.9. The second kappa shape index (κ2) is 6.74. The molecule has 2 N–H and O–H groups in total. The van der Waals surface area contributed by atoms with Crippen LogP contribution in [0.1, 0.15) is 27.2 Å². The lowest BCUT2D eigenvalue weighted by atomic mass is 9.88. The van der Waals surface area contributed by atoms with Crippen molar-refractivity contribution in [2.24, 2.45) is 11.8 Å². The average Bonchev–Trinajstić information content (AvgIpc) is 2.57. The first-order chi connectivity index (χ1) is 9.53. The SMILES string of the molecule is CC1OC(C)C(C(=O)NC(CCS(C)(=O)=O)C(=O)O)C1C. The third-order valence-corrected chi connectivity index (χ3v) is 4.91. The number of hydrogen-bond donors (Lipinski definition) is 2. The van der Waals surface area contributed by atoms with Crippen LogP contribution < -0.4 is 5.32 Å². The quantitative estimate of drug-likeness (QED) is 0.715. The normalized spacial score (nSPS) is 30.9. The second-order valence-electron chi connectivity index (χ2n) is 5.75. The molecule has 1 saturated heterocycles. The van der Waals surface area contributed by atoms with Crippen molar-refractivity contribution in [1.29, 1.82) is 0 Å². The zero-order valence-corrected chi connectivity index (χ0v) is 13.5. The van der Waals surface area contributed by atoms with Crippen molar-refractivity contribution < 1.29 is 27.9 Å². The molecule has 0 aliphatic carbocycles. The van der Waals surface area contributed by atoms with Crippen LogP contribution in [0.3, 0.4) is 0 Å². The number of carbonyl (C=O) groups is 2. The van der Waals surface area contributed by atoms with Gasteiger partial charge in [0.1, 0.15) is 15.9 Å². The Kier molecular flexibility index (Phi) is 5.75. The summed E-state index contributed by atoms with van der Waals surface area (Å²) in [6.45, 7) is 5.52. The molecule has 0 aromatic carbocycles. The molecule has 1 fully saturated rings. The highest BCUT2D eigenvalue weighted by atomic mass is 32.2. The van der Waals surface area contributed by atoms with Crippen molar-refractivity contribution in [3.05, 3.63) is 0 Å². The summed E-state index contributed by atoms with van der Waals surface area (Å²) >= 11 is 0. The molecule has 0 aromatic heterocycles. The molecule has 8 heteroatoms. The van der Waals surface area contributed by atoms with Crippen molar-refractivity contribution in [2.45, 2.75) is 45.4 Å². The Bertz CT molecular complexity index is 503. The standard InChI is InChI=1S/C13H23NO6S/c1-7-8(2)20-9(3)11(7)12(15)14-10(13(16)17)5-6-21(4,18)19/h7-11H,5-6H2,1-4H3,(H,14,15)(H,16,17). The lowest BCUT2D eigenvalue weighted by molar-refractivity contribution is -0.143. The fourth-order valence-corrected chi connectivity index (χ4v) is 3.24. The molecule has 0 radical (unpaired) electrons. The maximum absolute atomic E-state index is 12.2. The number of ether oxygens (including phenoxy) is 1. The molecule has 5 atom stereocenters. The van der Waals surface area contributed by atoms with Gasteiger partial charge in [-0.05, 0) is 26.2 Å². The molecule has 1 rings (SSSR count). The Hall–Kier alpha value is -1.15. The number of carboxylic acid groups (broad SMARTS) is 1. The van der Waals surface area contributed by atoms with Gasteiger partial charge in [0.05, 0.1) is 23.9 Å². The van der Waals surface area contributed by atoms with Gasteiger partial charge in [-0.15, -0.1) is 0 Å². The Balaban J connectivity index is 2.71. The van der Waals surface area contributed by atoms with Crippen molar-refractivity contribution in [1.82, 2.24) is 5.32 Å². The number of carboxylic acids is 1. The van der Waals surface area contributed by atoms with Gasteiger partial charge < -0.3 is 15.2 Å². The van der Waals surface area contributed by atoms with Crippen LogP contribution in [0.2, 0.25) is 0 Å². The van der Waals surface area contributed by atoms with E-state index in [0.717, 1.165) is 6.26 Å². The number of aliphatic carboxylic acids is 1. The lowest BCUT2D eigenvalue weighted by Crippen LogP contribution is -2.47. The van der Waals surface area contributed by atoms with Crippen molar-refractivity contribution in [3.8, 4) is 0 Å². The van der Waals surface area contributed by atoms with Crippen LogP contribution in [0.25, 0.3) is 0 Å². The Morgan fingerprint density at radius 2 is 1.81 bits per heavy atom. The summed E-state index contributed by atoms with van der Waals surface area (Å²) in [5.74, 6) is -2.38. The number of amides is 1. The summed E-state index contributed by atoms with van der Waals surface area (Å²) in [5.41, 5.74) is 0. The highest BCUT2D eigenvalue weighted by molar-refractivity contribution is 7.90. The van der Waals surface area contributed by atoms with Crippen LogP contribution in [0, 0.1) is 11.8 Å². The van der Waals surface area contributed by atoms with Crippen molar-refractivity contribution in [2.75, 3.05) is 12.0 Å². The van der Waals surface area contributed by atoms with E-state index in [1.807, 2.05) is 13.8 Å². The minimum Gasteiger partial charge on any atom is -0.480 e. The van der Waals surface area contributed by atoms with Gasteiger partial charge >= 0.3 is 5.97 Å². The molecule has 0 bridgehead atoms. The van der Waals surface area contributed by atoms with Crippen molar-refractivity contribution in [3.63, 3.8) is 0 Å². The molecule has 0 spiro atoms. The van der Waals surface area contributed by atoms with Crippen LogP contribution in [-0.2, 0) is 24.2 Å². The molecule has 5 unspecified atom stereocenters. The average molecular weight is 321 g/mol. The van der Waals surface area contributed by atoms with E-state index in [1.165, 1.54) is 0 Å². The molecular weight excluding hydrogens is 298 g/mol. The Labute approximate surface area is 125 Å². The summed E-state index contributed by atoms with van der Waals surface area (Å²) in [4.78, 5) is 23.4. The van der Waals surface area contributed by atoms with E-state index in [2.05, 4.69) is 5.32 Å². The summed E-state index contributed by atoms with van der Waals surface area (Å²) in [7, 11) is -3.28. The molecule has 0 aromatic rings. The molecule has 1 heterocycles. The number of carbonyl (C=O) groups excluding carboxylic acids is 1. The Morgan fingerprint density at radius 3 is 2.19 bits per heavy atom. The highest BCUT2D eigenvalue weighted by Crippen LogP contribution is 2.32. The monoisotopic (exact) mass is 321 g/mol. The highest BCUT2D eigenvalue weighted by Gasteiger charge is 2.42. The summed E-state index contributed by atoms with van der Waals surface area (Å²) in [6, 6.07) is -1.21. The summed E-state index contributed by atoms with van der Waals surface area (Å²) < 4.78 is 27.8. The zero-order valence-electron chi connectivity index (χ0n) is 12.7. The van der Waals surface area contributed by atoms with Crippen LogP contribution in [0.15, 0.2) is 0 Å². The van der Waals surface area contributed by atoms with E-state index in [4.69, 9.17) is 9.84 Å². The van der Waals surface area contributed by atoms with Gasteiger partial charge in [-0.3, -0.25) is 4.79 Å². The zero-order chi connectivity index (χ0) is 16.4. The fourth-order valence-electron chi connectivity index (χ4n) is 2.58. The first-order valence-electron chi connectivity index (χ1n) is 6.89. The Morgan fingerprint density at radius 1 is 1.24 bits per heavy atom. The second-order valence-corrected chi connectivity index (χ2v) is 8.01. The number of rotatable bonds is 6. The molecule has 1 aliphatic rings. The molecule has 7 nitrogen and oxygen atoms in total. The summed E-state index contributed by atoms with van der Waals surface area (Å²) in [5, 5.41) is 11.5. The van der Waals surface area contributed by atoms with Gasteiger partial charge in [0.2, 0.25) is 5.91 Å². The number of sulfone groups is 1. The summed E-state index contributed by atoms with van der Waals surface area (Å²) in [6.07, 6.45) is 0.519. The van der Waals surface area contributed by atoms with Gasteiger partial charge in [-0.1, -0.05) is 6.92 Å². The molecule has 21 heavy (non-hydrogen) atoms. The predicted octanol–water partition coefficient (Wildman–Crippen LogP) is 0.0500. The van der Waals surface area contributed by atoms with E-state index in [9.17, 15) is 18.0 Å². The maximum atomic E-state index is 12.2. The van der Waals surface area contributed by atoms with Crippen LogP contribution in [0.4, 0.5) is 0 Å². The largest absolute Gasteiger partial charge is 0.480 e. The third kappa shape index (κ3) is 4.96. The molecule has 0 saturated carbocycles. The van der Waals surface area contributed by atoms with E-state index in [0.29, 0.717) is 0 Å². The van der Waals surface area contributed by atoms with E-state index in [-0.39, 0.29) is 30.3 Å². The molecule has 122 valence electrons. The van der Waals surface area contributed by atoms with Crippen LogP contribution in [0.5, 0.6) is 0 Å². The van der Waals surface area contributed by atoms with Crippen LogP contribution in [-0.4, -0.2) is 55.7 Å². The smallest absolute Gasteiger partial charge is 0.326 e. The van der Waals surface area contributed by atoms with Gasteiger partial charge in [0.25, 0.3) is 0 Å². The van der Waals surface area contributed by atoms with E-state index < -0.39 is 33.7 Å². The first-order valence-corrected chi connectivity index (χ1v) is 8.95. The minimum atomic E-state index is -3.28. The lowest BCUT2D eigenvalue weighted by Gasteiger charge is -2.21. The van der Waals surface area contributed by atoms with Gasteiger partial charge in [-0.2, -0.15) is 0 Å². The number of hydrogen-bond acceptors (Lipinski definition) is 5. The number of nitrogens with one attached hydrogen (secondary N) is 1. The minimum absolute atomic E-state index is 0.0237. The van der Waals surface area contributed by atoms with Gasteiger partial charge in [-0.25, -0.2) is 13.2 Å². The van der Waals surface area contributed by atoms with Crippen molar-refractivity contribution >= 4 is 21.7 Å². The molecule has 1 aliphatic heterocycles. The predicted molar refractivity (Wildman–Crippen MR) is 76.6 cm³/mol. The topological polar surface area (TPSA) is 110 Å². The van der Waals surface area contributed by atoms with E-state index in [1.54, 1.807) is 6.92 Å². The molecular formula is C13H23NO6S. The van der Waals surface area contributed by atoms with Gasteiger partial charge in [0, 0.05) is 6.26 Å². The van der Waals surface area contributed by atoms with Crippen LogP contribution >= 0.6 is 0 Å².